The molecule has 1 heterocycles. The van der Waals surface area contributed by atoms with Gasteiger partial charge in [-0.2, -0.15) is 8.42 Å². The van der Waals surface area contributed by atoms with Gasteiger partial charge in [-0.1, -0.05) is 58.8 Å². The van der Waals surface area contributed by atoms with Crippen LogP contribution in [0.15, 0.2) is 0 Å². The van der Waals surface area contributed by atoms with E-state index in [2.05, 4.69) is 13.8 Å². The van der Waals surface area contributed by atoms with Gasteiger partial charge in [-0.15, -0.1) is 0 Å². The highest BCUT2D eigenvalue weighted by Crippen LogP contribution is 2.22. The lowest BCUT2D eigenvalue weighted by atomic mass is 10.0. The van der Waals surface area contributed by atoms with Crippen LogP contribution in [0.3, 0.4) is 0 Å². The van der Waals surface area contributed by atoms with E-state index in [9.17, 15) is 8.42 Å². The Balaban J connectivity index is 0.00000101. The molecule has 0 atom stereocenters. The first kappa shape index (κ1) is 24.9. The predicted octanol–water partition coefficient (Wildman–Crippen LogP) is 5.43. The summed E-state index contributed by atoms with van der Waals surface area (Å²) < 4.78 is 27.3. The normalized spacial score (nSPS) is 17.0. The van der Waals surface area contributed by atoms with E-state index in [0.717, 1.165) is 0 Å². The largest absolute Gasteiger partial charge is 0.324 e. The SMILES string of the molecule is CCCCCCCCCC[N+]1(CCCC)CCCCC1.CS(=O)(=O)O. The average Bonchev–Trinajstić information content (AvgIpc) is 2.55. The molecule has 1 fully saturated rings. The number of hydrogen-bond acceptors (Lipinski definition) is 2. The van der Waals surface area contributed by atoms with Crippen molar-refractivity contribution in [1.82, 2.24) is 0 Å². The van der Waals surface area contributed by atoms with Crippen LogP contribution < -0.4 is 0 Å². The maximum absolute atomic E-state index is 9.19. The fourth-order valence-electron chi connectivity index (χ4n) is 3.82. The molecule has 5 heteroatoms. The number of likely N-dealkylation sites (tertiary alicyclic amines) is 1. The standard InChI is InChI=1S/C19H40N.CH4O3S/c1-3-5-7-8-9-10-11-13-17-20(16-6-4-2)18-14-12-15-19-20;1-5(2,3)4/h3-19H2,1-2H3;1H3,(H,2,3,4)/q+1;. The minimum Gasteiger partial charge on any atom is -0.324 e. The summed E-state index contributed by atoms with van der Waals surface area (Å²) in [6, 6.07) is 0. The molecule has 0 aliphatic carbocycles. The van der Waals surface area contributed by atoms with Crippen LogP contribution in [0.25, 0.3) is 0 Å². The molecular weight excluding hydrogens is 334 g/mol. The van der Waals surface area contributed by atoms with Gasteiger partial charge in [0.05, 0.1) is 32.4 Å². The lowest BCUT2D eigenvalue weighted by Crippen LogP contribution is -2.52. The van der Waals surface area contributed by atoms with Crippen LogP contribution in [0.1, 0.15) is 97.3 Å². The maximum atomic E-state index is 9.19. The van der Waals surface area contributed by atoms with Crippen LogP contribution in [0.4, 0.5) is 0 Å². The van der Waals surface area contributed by atoms with Crippen LogP contribution in [-0.2, 0) is 10.1 Å². The molecule has 0 radical (unpaired) electrons. The molecule has 0 spiro atoms. The second-order valence-corrected chi connectivity index (χ2v) is 9.32. The molecule has 1 aliphatic rings. The molecule has 0 aromatic carbocycles. The van der Waals surface area contributed by atoms with Gasteiger partial charge >= 0.3 is 0 Å². The van der Waals surface area contributed by atoms with Crippen molar-refractivity contribution < 1.29 is 17.5 Å². The highest BCUT2D eigenvalue weighted by atomic mass is 32.2. The molecular formula is C20H44NO3S+. The lowest BCUT2D eigenvalue weighted by molar-refractivity contribution is -0.932. The molecule has 1 N–H and O–H groups in total. The summed E-state index contributed by atoms with van der Waals surface area (Å²) in [6.45, 7) is 10.6. The summed E-state index contributed by atoms with van der Waals surface area (Å²) in [4.78, 5) is 0. The molecule has 0 amide bonds. The topological polar surface area (TPSA) is 54.4 Å². The molecule has 152 valence electrons. The summed E-state index contributed by atoms with van der Waals surface area (Å²) in [5.41, 5.74) is 0. The second kappa shape index (κ2) is 15.0. The Labute approximate surface area is 157 Å². The van der Waals surface area contributed by atoms with Crippen LogP contribution in [0.5, 0.6) is 0 Å². The Kier molecular flexibility index (Phi) is 14.9. The molecule has 0 saturated carbocycles. The first-order valence-electron chi connectivity index (χ1n) is 10.6. The number of unbranched alkanes of at least 4 members (excludes halogenated alkanes) is 8. The van der Waals surface area contributed by atoms with Crippen molar-refractivity contribution >= 4 is 10.1 Å². The summed E-state index contributed by atoms with van der Waals surface area (Å²) >= 11 is 0. The maximum Gasteiger partial charge on any atom is 0.261 e. The minimum absolute atomic E-state index is 0.715. The molecule has 4 nitrogen and oxygen atoms in total. The van der Waals surface area contributed by atoms with Crippen LogP contribution in [-0.4, -0.2) is 49.9 Å². The predicted molar refractivity (Wildman–Crippen MR) is 109 cm³/mol. The highest BCUT2D eigenvalue weighted by molar-refractivity contribution is 7.85. The Morgan fingerprint density at radius 1 is 0.720 bits per heavy atom. The monoisotopic (exact) mass is 378 g/mol. The van der Waals surface area contributed by atoms with Gasteiger partial charge in [-0.05, 0) is 38.5 Å². The van der Waals surface area contributed by atoms with Crippen molar-refractivity contribution in [1.29, 1.82) is 0 Å². The van der Waals surface area contributed by atoms with Crippen molar-refractivity contribution in [3.63, 3.8) is 0 Å². The minimum atomic E-state index is -3.67. The summed E-state index contributed by atoms with van der Waals surface area (Å²) in [6.07, 6.45) is 19.7. The summed E-state index contributed by atoms with van der Waals surface area (Å²) in [5, 5.41) is 0. The zero-order valence-corrected chi connectivity index (χ0v) is 18.0. The van der Waals surface area contributed by atoms with Crippen LogP contribution in [0.2, 0.25) is 0 Å². The van der Waals surface area contributed by atoms with Gasteiger partial charge in [0.2, 0.25) is 0 Å². The van der Waals surface area contributed by atoms with E-state index < -0.39 is 10.1 Å². The average molecular weight is 379 g/mol. The van der Waals surface area contributed by atoms with Crippen LogP contribution in [0, 0.1) is 0 Å². The van der Waals surface area contributed by atoms with Crippen molar-refractivity contribution in [2.45, 2.75) is 97.3 Å². The van der Waals surface area contributed by atoms with E-state index in [0.29, 0.717) is 6.26 Å². The van der Waals surface area contributed by atoms with Gasteiger partial charge in [-0.3, -0.25) is 4.55 Å². The Morgan fingerprint density at radius 2 is 1.12 bits per heavy atom. The van der Waals surface area contributed by atoms with E-state index in [1.807, 2.05) is 0 Å². The van der Waals surface area contributed by atoms with Gasteiger partial charge in [-0.25, -0.2) is 0 Å². The van der Waals surface area contributed by atoms with E-state index in [1.54, 1.807) is 0 Å². The Hall–Kier alpha value is -0.130. The molecule has 1 aliphatic heterocycles. The van der Waals surface area contributed by atoms with E-state index in [1.165, 1.54) is 114 Å². The number of quaternary nitrogens is 1. The fraction of sp³-hybridized carbons (Fsp3) is 1.00. The molecule has 25 heavy (non-hydrogen) atoms. The third-order valence-corrected chi connectivity index (χ3v) is 5.24. The van der Waals surface area contributed by atoms with Gasteiger partial charge in [0, 0.05) is 0 Å². The Morgan fingerprint density at radius 3 is 1.60 bits per heavy atom. The second-order valence-electron chi connectivity index (χ2n) is 7.86. The van der Waals surface area contributed by atoms with E-state index in [4.69, 9.17) is 4.55 Å². The molecule has 0 aromatic heterocycles. The molecule has 0 aromatic rings. The molecule has 1 saturated heterocycles. The quantitative estimate of drug-likeness (QED) is 0.280. The molecule has 0 unspecified atom stereocenters. The van der Waals surface area contributed by atoms with E-state index in [-0.39, 0.29) is 0 Å². The third-order valence-electron chi connectivity index (χ3n) is 5.24. The van der Waals surface area contributed by atoms with Gasteiger partial charge in [0.25, 0.3) is 10.1 Å². The highest BCUT2D eigenvalue weighted by Gasteiger charge is 2.28. The van der Waals surface area contributed by atoms with Crippen LogP contribution >= 0.6 is 0 Å². The lowest BCUT2D eigenvalue weighted by Gasteiger charge is -2.42. The van der Waals surface area contributed by atoms with Crippen molar-refractivity contribution in [3.05, 3.63) is 0 Å². The third kappa shape index (κ3) is 17.1. The zero-order valence-electron chi connectivity index (χ0n) is 17.1. The number of hydrogen-bond donors (Lipinski definition) is 1. The van der Waals surface area contributed by atoms with Crippen molar-refractivity contribution in [3.8, 4) is 0 Å². The Bertz CT molecular complexity index is 382. The molecule has 0 bridgehead atoms. The van der Waals surface area contributed by atoms with Gasteiger partial charge in [0.15, 0.2) is 0 Å². The smallest absolute Gasteiger partial charge is 0.261 e. The first-order valence-corrected chi connectivity index (χ1v) is 12.5. The number of rotatable bonds is 12. The molecule has 1 rings (SSSR count). The summed E-state index contributed by atoms with van der Waals surface area (Å²) in [5.74, 6) is 0. The number of nitrogens with zero attached hydrogens (tertiary/aromatic N) is 1. The number of piperidine rings is 1. The van der Waals surface area contributed by atoms with E-state index >= 15 is 0 Å². The summed E-state index contributed by atoms with van der Waals surface area (Å²) in [7, 11) is -3.67. The van der Waals surface area contributed by atoms with Gasteiger partial charge < -0.3 is 4.48 Å². The zero-order chi connectivity index (χ0) is 19.0. The first-order chi connectivity index (χ1) is 11.8. The van der Waals surface area contributed by atoms with Gasteiger partial charge in [0.1, 0.15) is 0 Å². The van der Waals surface area contributed by atoms with Crippen molar-refractivity contribution in [2.24, 2.45) is 0 Å². The van der Waals surface area contributed by atoms with Crippen molar-refractivity contribution in [2.75, 3.05) is 32.4 Å². The fourth-order valence-corrected chi connectivity index (χ4v) is 3.82.